The summed E-state index contributed by atoms with van der Waals surface area (Å²) in [6, 6.07) is 5.15. The minimum absolute atomic E-state index is 0.0620. The summed E-state index contributed by atoms with van der Waals surface area (Å²) in [6.45, 7) is 1.65. The SMILES string of the molecule is C[C@H]1[C@H](F)[C@]12CN(CC(=O)Nc1ncc(F)cn1)C(=O)c1ccc(Br)cc12. The molecule has 2 amide bonds. The van der Waals surface area contributed by atoms with Crippen molar-refractivity contribution in [2.75, 3.05) is 18.4 Å². The second-order valence-electron chi connectivity index (χ2n) is 6.85. The Balaban J connectivity index is 1.57. The summed E-state index contributed by atoms with van der Waals surface area (Å²) < 4.78 is 28.2. The first-order chi connectivity index (χ1) is 12.8. The van der Waals surface area contributed by atoms with E-state index in [0.717, 1.165) is 16.9 Å². The predicted molar refractivity (Wildman–Crippen MR) is 96.4 cm³/mol. The number of carbonyl (C=O) groups excluding carboxylic acids is 2. The van der Waals surface area contributed by atoms with Crippen LogP contribution in [-0.2, 0) is 10.2 Å². The molecule has 1 aromatic heterocycles. The number of amides is 2. The number of hydrogen-bond acceptors (Lipinski definition) is 4. The van der Waals surface area contributed by atoms with Gasteiger partial charge in [-0.2, -0.15) is 0 Å². The van der Waals surface area contributed by atoms with Gasteiger partial charge in [0.2, 0.25) is 11.9 Å². The molecule has 2 aromatic rings. The molecule has 1 aliphatic carbocycles. The van der Waals surface area contributed by atoms with Crippen LogP contribution in [0.5, 0.6) is 0 Å². The molecule has 2 heterocycles. The molecule has 1 saturated carbocycles. The molecule has 9 heteroatoms. The van der Waals surface area contributed by atoms with Gasteiger partial charge in [-0.1, -0.05) is 22.9 Å². The van der Waals surface area contributed by atoms with Gasteiger partial charge in [0.05, 0.1) is 17.8 Å². The first kappa shape index (κ1) is 18.0. The number of hydrogen-bond donors (Lipinski definition) is 1. The second kappa shape index (κ2) is 6.33. The van der Waals surface area contributed by atoms with Gasteiger partial charge >= 0.3 is 0 Å². The number of fused-ring (bicyclic) bond motifs is 2. The average molecular weight is 437 g/mol. The lowest BCUT2D eigenvalue weighted by atomic mass is 9.84. The van der Waals surface area contributed by atoms with E-state index in [1.807, 2.05) is 0 Å². The fourth-order valence-electron chi connectivity index (χ4n) is 3.77. The molecule has 0 radical (unpaired) electrons. The number of benzene rings is 1. The highest BCUT2D eigenvalue weighted by molar-refractivity contribution is 9.10. The third-order valence-electron chi connectivity index (χ3n) is 5.29. The molecule has 1 spiro atoms. The van der Waals surface area contributed by atoms with Crippen molar-refractivity contribution in [2.24, 2.45) is 5.92 Å². The van der Waals surface area contributed by atoms with E-state index in [1.165, 1.54) is 4.90 Å². The zero-order chi connectivity index (χ0) is 19.3. The summed E-state index contributed by atoms with van der Waals surface area (Å²) in [5.41, 5.74) is 0.294. The maximum atomic E-state index is 14.6. The number of aromatic nitrogens is 2. The van der Waals surface area contributed by atoms with Crippen molar-refractivity contribution in [3.63, 3.8) is 0 Å². The highest BCUT2D eigenvalue weighted by atomic mass is 79.9. The van der Waals surface area contributed by atoms with Crippen LogP contribution in [-0.4, -0.2) is 45.9 Å². The Morgan fingerprint density at radius 2 is 2.07 bits per heavy atom. The molecule has 1 aliphatic heterocycles. The topological polar surface area (TPSA) is 75.2 Å². The monoisotopic (exact) mass is 436 g/mol. The van der Waals surface area contributed by atoms with E-state index in [2.05, 4.69) is 31.2 Å². The van der Waals surface area contributed by atoms with E-state index in [1.54, 1.807) is 25.1 Å². The first-order valence-corrected chi connectivity index (χ1v) is 9.13. The smallest absolute Gasteiger partial charge is 0.254 e. The highest BCUT2D eigenvalue weighted by Gasteiger charge is 2.67. The molecule has 0 bridgehead atoms. The average Bonchev–Trinajstić information content (AvgIpc) is 3.15. The maximum Gasteiger partial charge on any atom is 0.254 e. The molecule has 27 heavy (non-hydrogen) atoms. The lowest BCUT2D eigenvalue weighted by molar-refractivity contribution is -0.117. The van der Waals surface area contributed by atoms with Crippen LogP contribution >= 0.6 is 15.9 Å². The minimum Gasteiger partial charge on any atom is -0.328 e. The van der Waals surface area contributed by atoms with Crippen LogP contribution in [0.2, 0.25) is 0 Å². The van der Waals surface area contributed by atoms with Gasteiger partial charge in [-0.15, -0.1) is 0 Å². The van der Waals surface area contributed by atoms with Crippen LogP contribution < -0.4 is 5.32 Å². The largest absolute Gasteiger partial charge is 0.328 e. The van der Waals surface area contributed by atoms with E-state index in [9.17, 15) is 18.4 Å². The number of rotatable bonds is 3. The molecule has 0 unspecified atom stereocenters. The van der Waals surface area contributed by atoms with Crippen LogP contribution in [0.25, 0.3) is 0 Å². The Morgan fingerprint density at radius 1 is 1.41 bits per heavy atom. The lowest BCUT2D eigenvalue weighted by Gasteiger charge is -2.34. The quantitative estimate of drug-likeness (QED) is 0.802. The summed E-state index contributed by atoms with van der Waals surface area (Å²) in [5.74, 6) is -1.79. The fraction of sp³-hybridized carbons (Fsp3) is 0.333. The van der Waals surface area contributed by atoms with Crippen molar-refractivity contribution in [1.29, 1.82) is 0 Å². The molecule has 1 aromatic carbocycles. The van der Waals surface area contributed by atoms with Crippen molar-refractivity contribution in [3.05, 3.63) is 52.0 Å². The Kier molecular flexibility index (Phi) is 4.21. The van der Waals surface area contributed by atoms with E-state index >= 15 is 0 Å². The zero-order valence-corrected chi connectivity index (χ0v) is 15.8. The molecule has 1 N–H and O–H groups in total. The molecule has 0 saturated heterocycles. The van der Waals surface area contributed by atoms with E-state index in [0.29, 0.717) is 11.1 Å². The molecule has 4 rings (SSSR count). The van der Waals surface area contributed by atoms with Gasteiger partial charge in [-0.3, -0.25) is 14.9 Å². The molecule has 140 valence electrons. The molecule has 6 nitrogen and oxygen atoms in total. The van der Waals surface area contributed by atoms with E-state index in [4.69, 9.17) is 0 Å². The van der Waals surface area contributed by atoms with Gasteiger partial charge in [-0.25, -0.2) is 18.7 Å². The van der Waals surface area contributed by atoms with Crippen LogP contribution in [0.4, 0.5) is 14.7 Å². The van der Waals surface area contributed by atoms with Crippen molar-refractivity contribution >= 4 is 33.7 Å². The summed E-state index contributed by atoms with van der Waals surface area (Å²) in [5, 5.41) is 2.42. The van der Waals surface area contributed by atoms with Crippen LogP contribution in [0.1, 0.15) is 22.8 Å². The van der Waals surface area contributed by atoms with Gasteiger partial charge in [-0.05, 0) is 23.8 Å². The lowest BCUT2D eigenvalue weighted by Crippen LogP contribution is -2.48. The van der Waals surface area contributed by atoms with Gasteiger partial charge in [0.15, 0.2) is 5.82 Å². The summed E-state index contributed by atoms with van der Waals surface area (Å²) in [6.07, 6.45) is 0.777. The predicted octanol–water partition coefficient (Wildman–Crippen LogP) is 2.70. The Morgan fingerprint density at radius 3 is 2.70 bits per heavy atom. The summed E-state index contributed by atoms with van der Waals surface area (Å²) in [4.78, 5) is 33.8. The number of nitrogens with one attached hydrogen (secondary N) is 1. The molecule has 3 atom stereocenters. The Labute approximate surface area is 162 Å². The first-order valence-electron chi connectivity index (χ1n) is 8.33. The van der Waals surface area contributed by atoms with Crippen molar-refractivity contribution in [2.45, 2.75) is 18.5 Å². The number of alkyl halides is 1. The van der Waals surface area contributed by atoms with Crippen LogP contribution in [0.15, 0.2) is 35.1 Å². The van der Waals surface area contributed by atoms with Gasteiger partial charge < -0.3 is 4.90 Å². The molecular formula is C18H15BrF2N4O2. The van der Waals surface area contributed by atoms with Gasteiger partial charge in [0.1, 0.15) is 12.7 Å². The Hall–Kier alpha value is -2.42. The number of nitrogens with zero attached hydrogens (tertiary/aromatic N) is 3. The molecule has 1 fully saturated rings. The van der Waals surface area contributed by atoms with Crippen LogP contribution in [0.3, 0.4) is 0 Å². The van der Waals surface area contributed by atoms with E-state index in [-0.39, 0.29) is 30.9 Å². The third-order valence-corrected chi connectivity index (χ3v) is 5.79. The second-order valence-corrected chi connectivity index (χ2v) is 7.77. The van der Waals surface area contributed by atoms with E-state index < -0.39 is 23.3 Å². The highest BCUT2D eigenvalue weighted by Crippen LogP contribution is 2.59. The minimum atomic E-state index is -1.08. The van der Waals surface area contributed by atoms with Crippen molar-refractivity contribution in [3.8, 4) is 0 Å². The number of anilines is 1. The maximum absolute atomic E-state index is 14.6. The van der Waals surface area contributed by atoms with Crippen molar-refractivity contribution < 1.29 is 18.4 Å². The molecule has 2 aliphatic rings. The zero-order valence-electron chi connectivity index (χ0n) is 14.2. The fourth-order valence-corrected chi connectivity index (χ4v) is 4.13. The summed E-state index contributed by atoms with van der Waals surface area (Å²) in [7, 11) is 0. The van der Waals surface area contributed by atoms with Gasteiger partial charge in [0.25, 0.3) is 5.91 Å². The summed E-state index contributed by atoms with van der Waals surface area (Å²) >= 11 is 3.38. The Bertz CT molecular complexity index is 929. The van der Waals surface area contributed by atoms with Crippen LogP contribution in [0, 0.1) is 11.7 Å². The number of halogens is 3. The normalized spacial score (nSPS) is 26.1. The molecular weight excluding hydrogens is 422 g/mol. The number of carbonyl (C=O) groups is 2. The van der Waals surface area contributed by atoms with Crippen molar-refractivity contribution in [1.82, 2.24) is 14.9 Å². The van der Waals surface area contributed by atoms with Gasteiger partial charge in [0, 0.05) is 22.5 Å². The third kappa shape index (κ3) is 2.90. The standard InChI is InChI=1S/C18H15BrF2N4O2/c1-9-15(21)18(9)8-25(16(27)12-3-2-10(19)4-13(12)18)7-14(26)24-17-22-5-11(20)6-23-17/h2-6,9,15H,7-8H2,1H3,(H,22,23,24,26)/t9-,15-,18+/m0/s1.